The molecule has 0 aliphatic heterocycles. The SMILES string of the molecule is NNc1ccc(Br)c(OC(F)F)c1. The number of alkyl halides is 2. The topological polar surface area (TPSA) is 47.3 Å². The number of nitrogen functional groups attached to an aromatic ring is 1. The molecular weight excluding hydrogens is 246 g/mol. The summed E-state index contributed by atoms with van der Waals surface area (Å²) in [6.07, 6.45) is 0. The first-order valence-electron chi connectivity index (χ1n) is 3.34. The summed E-state index contributed by atoms with van der Waals surface area (Å²) in [6, 6.07) is 4.56. The molecule has 6 heteroatoms. The van der Waals surface area contributed by atoms with Crippen molar-refractivity contribution >= 4 is 21.6 Å². The minimum Gasteiger partial charge on any atom is -0.434 e. The van der Waals surface area contributed by atoms with Crippen LogP contribution in [0, 0.1) is 0 Å². The highest BCUT2D eigenvalue weighted by Gasteiger charge is 2.08. The van der Waals surface area contributed by atoms with Gasteiger partial charge in [-0.25, -0.2) is 0 Å². The van der Waals surface area contributed by atoms with E-state index >= 15 is 0 Å². The third-order valence-electron chi connectivity index (χ3n) is 1.31. The van der Waals surface area contributed by atoms with E-state index in [2.05, 4.69) is 26.1 Å². The van der Waals surface area contributed by atoms with E-state index in [0.717, 1.165) is 0 Å². The molecule has 13 heavy (non-hydrogen) atoms. The molecule has 0 aliphatic carbocycles. The van der Waals surface area contributed by atoms with Crippen LogP contribution in [-0.2, 0) is 0 Å². The van der Waals surface area contributed by atoms with E-state index in [4.69, 9.17) is 5.84 Å². The van der Waals surface area contributed by atoms with Crippen LogP contribution < -0.4 is 16.0 Å². The third-order valence-corrected chi connectivity index (χ3v) is 1.97. The number of ether oxygens (including phenoxy) is 1. The van der Waals surface area contributed by atoms with Crippen LogP contribution in [0.3, 0.4) is 0 Å². The Balaban J connectivity index is 2.90. The third kappa shape index (κ3) is 2.82. The van der Waals surface area contributed by atoms with Gasteiger partial charge in [-0.1, -0.05) is 0 Å². The summed E-state index contributed by atoms with van der Waals surface area (Å²) < 4.78 is 28.3. The lowest BCUT2D eigenvalue weighted by molar-refractivity contribution is -0.0503. The average Bonchev–Trinajstić information content (AvgIpc) is 2.08. The number of nitrogens with two attached hydrogens (primary N) is 1. The van der Waals surface area contributed by atoms with Crippen molar-refractivity contribution in [3.8, 4) is 5.75 Å². The van der Waals surface area contributed by atoms with Crippen LogP contribution in [0.15, 0.2) is 22.7 Å². The number of benzene rings is 1. The number of hydrazine groups is 1. The Morgan fingerprint density at radius 2 is 2.15 bits per heavy atom. The average molecular weight is 253 g/mol. The highest BCUT2D eigenvalue weighted by Crippen LogP contribution is 2.28. The first-order valence-corrected chi connectivity index (χ1v) is 4.13. The first-order chi connectivity index (χ1) is 6.13. The van der Waals surface area contributed by atoms with Gasteiger partial charge in [0.05, 0.1) is 10.2 Å². The van der Waals surface area contributed by atoms with Crippen LogP contribution in [0.4, 0.5) is 14.5 Å². The molecule has 0 heterocycles. The Labute approximate surface area is 82.0 Å². The summed E-state index contributed by atoms with van der Waals surface area (Å²) in [7, 11) is 0. The first kappa shape index (κ1) is 10.2. The molecule has 0 saturated heterocycles. The monoisotopic (exact) mass is 252 g/mol. The molecule has 0 amide bonds. The fourth-order valence-electron chi connectivity index (χ4n) is 0.779. The quantitative estimate of drug-likeness (QED) is 0.642. The van der Waals surface area contributed by atoms with Crippen LogP contribution in [0.2, 0.25) is 0 Å². The Morgan fingerprint density at radius 3 is 2.69 bits per heavy atom. The molecule has 1 aromatic carbocycles. The predicted molar refractivity (Wildman–Crippen MR) is 48.6 cm³/mol. The van der Waals surface area contributed by atoms with E-state index in [1.54, 1.807) is 12.1 Å². The Morgan fingerprint density at radius 1 is 1.46 bits per heavy atom. The lowest BCUT2D eigenvalue weighted by Gasteiger charge is -2.08. The maximum atomic E-state index is 11.8. The highest BCUT2D eigenvalue weighted by atomic mass is 79.9. The summed E-state index contributed by atoms with van der Waals surface area (Å²) in [5, 5.41) is 0. The zero-order valence-corrected chi connectivity index (χ0v) is 8.01. The Kier molecular flexibility index (Phi) is 3.44. The van der Waals surface area contributed by atoms with Crippen LogP contribution in [0.1, 0.15) is 0 Å². The molecule has 72 valence electrons. The zero-order chi connectivity index (χ0) is 9.84. The lowest BCUT2D eigenvalue weighted by Crippen LogP contribution is -2.08. The van der Waals surface area contributed by atoms with Gasteiger partial charge >= 0.3 is 6.61 Å². The van der Waals surface area contributed by atoms with E-state index in [0.29, 0.717) is 10.2 Å². The molecule has 0 atom stereocenters. The van der Waals surface area contributed by atoms with Gasteiger partial charge in [-0.15, -0.1) is 0 Å². The number of anilines is 1. The van der Waals surface area contributed by atoms with Gasteiger partial charge in [-0.3, -0.25) is 5.84 Å². The van der Waals surface area contributed by atoms with Crippen molar-refractivity contribution in [2.45, 2.75) is 6.61 Å². The summed E-state index contributed by atoms with van der Waals surface area (Å²) in [6.45, 7) is -2.84. The summed E-state index contributed by atoms with van der Waals surface area (Å²) in [5.74, 6) is 5.14. The van der Waals surface area contributed by atoms with Crippen molar-refractivity contribution in [1.82, 2.24) is 0 Å². The van der Waals surface area contributed by atoms with Crippen LogP contribution >= 0.6 is 15.9 Å². The van der Waals surface area contributed by atoms with Crippen LogP contribution in [0.25, 0.3) is 0 Å². The normalized spacial score (nSPS) is 10.2. The van der Waals surface area contributed by atoms with E-state index in [1.807, 2.05) is 0 Å². The Bertz CT molecular complexity index is 296. The van der Waals surface area contributed by atoms with Crippen molar-refractivity contribution < 1.29 is 13.5 Å². The van der Waals surface area contributed by atoms with E-state index < -0.39 is 6.61 Å². The molecule has 0 spiro atoms. The molecule has 0 fully saturated rings. The summed E-state index contributed by atoms with van der Waals surface area (Å²) in [5.41, 5.74) is 2.82. The van der Waals surface area contributed by atoms with Gasteiger partial charge in [-0.05, 0) is 28.1 Å². The smallest absolute Gasteiger partial charge is 0.387 e. The van der Waals surface area contributed by atoms with Crippen LogP contribution in [0.5, 0.6) is 5.75 Å². The number of rotatable bonds is 3. The molecule has 0 saturated carbocycles. The molecule has 0 bridgehead atoms. The Hall–Kier alpha value is -0.880. The van der Waals surface area contributed by atoms with Crippen molar-refractivity contribution in [1.29, 1.82) is 0 Å². The van der Waals surface area contributed by atoms with Gasteiger partial charge in [0.1, 0.15) is 5.75 Å². The second kappa shape index (κ2) is 4.38. The number of hydrogen-bond acceptors (Lipinski definition) is 3. The standard InChI is InChI=1S/C7H7BrF2N2O/c8-5-2-1-4(12-11)3-6(5)13-7(9)10/h1-3,7,12H,11H2. The van der Waals surface area contributed by atoms with Gasteiger partial charge in [0.25, 0.3) is 0 Å². The summed E-state index contributed by atoms with van der Waals surface area (Å²) >= 11 is 3.06. The van der Waals surface area contributed by atoms with Gasteiger partial charge in [0.15, 0.2) is 0 Å². The van der Waals surface area contributed by atoms with Gasteiger partial charge in [0.2, 0.25) is 0 Å². The molecule has 3 N–H and O–H groups in total. The molecular formula is C7H7BrF2N2O. The molecule has 1 aromatic rings. The molecule has 0 aromatic heterocycles. The zero-order valence-electron chi connectivity index (χ0n) is 6.43. The van der Waals surface area contributed by atoms with Gasteiger partial charge in [0, 0.05) is 6.07 Å². The fourth-order valence-corrected chi connectivity index (χ4v) is 1.12. The van der Waals surface area contributed by atoms with Crippen molar-refractivity contribution in [3.05, 3.63) is 22.7 Å². The largest absolute Gasteiger partial charge is 0.434 e. The second-order valence-corrected chi connectivity index (χ2v) is 3.02. The number of hydrogen-bond donors (Lipinski definition) is 2. The number of halogens is 3. The predicted octanol–water partition coefficient (Wildman–Crippen LogP) is 2.34. The van der Waals surface area contributed by atoms with Crippen LogP contribution in [-0.4, -0.2) is 6.61 Å². The molecule has 0 unspecified atom stereocenters. The molecule has 0 radical (unpaired) electrons. The second-order valence-electron chi connectivity index (χ2n) is 2.17. The van der Waals surface area contributed by atoms with Crippen molar-refractivity contribution in [2.24, 2.45) is 5.84 Å². The van der Waals surface area contributed by atoms with Crippen molar-refractivity contribution in [3.63, 3.8) is 0 Å². The fraction of sp³-hybridized carbons (Fsp3) is 0.143. The van der Waals surface area contributed by atoms with E-state index in [1.165, 1.54) is 6.07 Å². The van der Waals surface area contributed by atoms with Gasteiger partial charge < -0.3 is 10.2 Å². The van der Waals surface area contributed by atoms with Gasteiger partial charge in [-0.2, -0.15) is 8.78 Å². The maximum absolute atomic E-state index is 11.8. The summed E-state index contributed by atoms with van der Waals surface area (Å²) in [4.78, 5) is 0. The van der Waals surface area contributed by atoms with Crippen molar-refractivity contribution in [2.75, 3.05) is 5.43 Å². The van der Waals surface area contributed by atoms with E-state index in [9.17, 15) is 8.78 Å². The maximum Gasteiger partial charge on any atom is 0.387 e. The lowest BCUT2D eigenvalue weighted by atomic mass is 10.3. The highest BCUT2D eigenvalue weighted by molar-refractivity contribution is 9.10. The molecule has 0 aliphatic rings. The minimum absolute atomic E-state index is 0.0467. The minimum atomic E-state index is -2.84. The molecule has 3 nitrogen and oxygen atoms in total. The molecule has 1 rings (SSSR count). The van der Waals surface area contributed by atoms with E-state index in [-0.39, 0.29) is 5.75 Å². The number of nitrogens with one attached hydrogen (secondary N) is 1.